The monoisotopic (exact) mass is 420 g/mol. The number of fused-ring (bicyclic) bond motifs is 1. The lowest BCUT2D eigenvalue weighted by Gasteiger charge is -2.18. The molecule has 0 spiro atoms. The summed E-state index contributed by atoms with van der Waals surface area (Å²) in [6, 6.07) is 20.5. The molecule has 2 aliphatic rings. The van der Waals surface area contributed by atoms with Crippen molar-refractivity contribution in [1.29, 1.82) is 0 Å². The number of likely N-dealkylation sites (tertiary alicyclic amines) is 1. The molecule has 3 heterocycles. The standard InChI is InChI=1S/C24H24N2O3S/c27-24(25-19-10-11-26(16-19)15-17-4-2-1-3-5-17)23-9-8-22(30-23)18-6-7-20-21(14-18)29-13-12-28-20/h1-9,14,19H,10-13,15-16H2,(H,25,27). The summed E-state index contributed by atoms with van der Waals surface area (Å²) >= 11 is 1.51. The fourth-order valence-corrected chi connectivity index (χ4v) is 4.91. The molecule has 30 heavy (non-hydrogen) atoms. The normalized spacial score (nSPS) is 18.3. The molecule has 154 valence electrons. The van der Waals surface area contributed by atoms with Crippen LogP contribution in [0.5, 0.6) is 11.5 Å². The molecule has 1 atom stereocenters. The van der Waals surface area contributed by atoms with Crippen LogP contribution in [-0.2, 0) is 6.54 Å². The van der Waals surface area contributed by atoms with Crippen molar-refractivity contribution in [3.05, 3.63) is 71.1 Å². The Morgan fingerprint density at radius 1 is 1.03 bits per heavy atom. The van der Waals surface area contributed by atoms with Crippen molar-refractivity contribution in [2.45, 2.75) is 19.0 Å². The second-order valence-electron chi connectivity index (χ2n) is 7.70. The first kappa shape index (κ1) is 19.2. The largest absolute Gasteiger partial charge is 0.486 e. The maximum absolute atomic E-state index is 12.8. The van der Waals surface area contributed by atoms with E-state index in [1.165, 1.54) is 16.9 Å². The van der Waals surface area contributed by atoms with Crippen LogP contribution in [-0.4, -0.2) is 43.2 Å². The highest BCUT2D eigenvalue weighted by molar-refractivity contribution is 7.17. The molecule has 2 aromatic carbocycles. The number of carbonyl (C=O) groups excluding carboxylic acids is 1. The minimum absolute atomic E-state index is 0.00959. The van der Waals surface area contributed by atoms with Crippen LogP contribution in [0.3, 0.4) is 0 Å². The molecule has 1 aromatic heterocycles. The van der Waals surface area contributed by atoms with Crippen LogP contribution in [0.15, 0.2) is 60.7 Å². The molecule has 1 saturated heterocycles. The number of nitrogens with one attached hydrogen (secondary N) is 1. The number of ether oxygens (including phenoxy) is 2. The highest BCUT2D eigenvalue weighted by Crippen LogP contribution is 2.37. The summed E-state index contributed by atoms with van der Waals surface area (Å²) in [4.78, 5) is 17.0. The summed E-state index contributed by atoms with van der Waals surface area (Å²) in [6.45, 7) is 3.98. The molecule has 3 aromatic rings. The number of thiophene rings is 1. The number of nitrogens with zero attached hydrogens (tertiary/aromatic N) is 1. The molecule has 0 radical (unpaired) electrons. The zero-order chi connectivity index (χ0) is 20.3. The fraction of sp³-hybridized carbons (Fsp3) is 0.292. The topological polar surface area (TPSA) is 50.8 Å². The maximum atomic E-state index is 12.8. The highest BCUT2D eigenvalue weighted by Gasteiger charge is 2.25. The van der Waals surface area contributed by atoms with Crippen molar-refractivity contribution >= 4 is 17.2 Å². The lowest BCUT2D eigenvalue weighted by Crippen LogP contribution is -2.36. The Kier molecular flexibility index (Phi) is 5.43. The quantitative estimate of drug-likeness (QED) is 0.672. The molecule has 1 fully saturated rings. The molecule has 1 N–H and O–H groups in total. The molecule has 0 aliphatic carbocycles. The van der Waals surface area contributed by atoms with Crippen LogP contribution in [0, 0.1) is 0 Å². The minimum atomic E-state index is 0.00959. The predicted molar refractivity (Wildman–Crippen MR) is 118 cm³/mol. The second kappa shape index (κ2) is 8.50. The third-order valence-corrected chi connectivity index (χ3v) is 6.65. The van der Waals surface area contributed by atoms with Gasteiger partial charge in [-0.05, 0) is 47.9 Å². The second-order valence-corrected chi connectivity index (χ2v) is 8.79. The van der Waals surface area contributed by atoms with Gasteiger partial charge in [-0.1, -0.05) is 30.3 Å². The number of hydrogen-bond acceptors (Lipinski definition) is 5. The van der Waals surface area contributed by atoms with Crippen molar-refractivity contribution in [2.24, 2.45) is 0 Å². The summed E-state index contributed by atoms with van der Waals surface area (Å²) in [5.41, 5.74) is 2.35. The van der Waals surface area contributed by atoms with E-state index >= 15 is 0 Å². The van der Waals surface area contributed by atoms with Gasteiger partial charge in [0.05, 0.1) is 4.88 Å². The summed E-state index contributed by atoms with van der Waals surface area (Å²) in [5.74, 6) is 1.55. The Labute approximate surface area is 180 Å². The van der Waals surface area contributed by atoms with E-state index in [9.17, 15) is 4.79 Å². The van der Waals surface area contributed by atoms with Crippen LogP contribution in [0.25, 0.3) is 10.4 Å². The van der Waals surface area contributed by atoms with E-state index in [0.29, 0.717) is 13.2 Å². The number of hydrogen-bond donors (Lipinski definition) is 1. The van der Waals surface area contributed by atoms with Gasteiger partial charge in [-0.2, -0.15) is 0 Å². The first-order valence-corrected chi connectivity index (χ1v) is 11.1. The smallest absolute Gasteiger partial charge is 0.261 e. The first-order valence-electron chi connectivity index (χ1n) is 10.3. The molecule has 1 unspecified atom stereocenters. The number of rotatable bonds is 5. The molecule has 5 nitrogen and oxygen atoms in total. The maximum Gasteiger partial charge on any atom is 0.261 e. The molecule has 2 aliphatic heterocycles. The zero-order valence-electron chi connectivity index (χ0n) is 16.7. The van der Waals surface area contributed by atoms with Gasteiger partial charge in [0.25, 0.3) is 5.91 Å². The van der Waals surface area contributed by atoms with Crippen LogP contribution in [0.1, 0.15) is 21.7 Å². The molecule has 1 amide bonds. The number of benzene rings is 2. The van der Waals surface area contributed by atoms with Crippen LogP contribution in [0.2, 0.25) is 0 Å². The zero-order valence-corrected chi connectivity index (χ0v) is 17.5. The van der Waals surface area contributed by atoms with E-state index in [0.717, 1.165) is 52.9 Å². The highest BCUT2D eigenvalue weighted by atomic mass is 32.1. The molecule has 6 heteroatoms. The van der Waals surface area contributed by atoms with Gasteiger partial charge in [-0.15, -0.1) is 11.3 Å². The van der Waals surface area contributed by atoms with Crippen molar-refractivity contribution in [3.63, 3.8) is 0 Å². The lowest BCUT2D eigenvalue weighted by molar-refractivity contribution is 0.0941. The van der Waals surface area contributed by atoms with Gasteiger partial charge in [0, 0.05) is 30.6 Å². The number of carbonyl (C=O) groups is 1. The third-order valence-electron chi connectivity index (χ3n) is 5.51. The van der Waals surface area contributed by atoms with Gasteiger partial charge in [-0.3, -0.25) is 9.69 Å². The van der Waals surface area contributed by atoms with E-state index in [1.54, 1.807) is 0 Å². The van der Waals surface area contributed by atoms with Gasteiger partial charge in [-0.25, -0.2) is 0 Å². The lowest BCUT2D eigenvalue weighted by atomic mass is 10.1. The Bertz CT molecular complexity index is 1030. The summed E-state index contributed by atoms with van der Waals surface area (Å²) < 4.78 is 11.3. The minimum Gasteiger partial charge on any atom is -0.486 e. The average Bonchev–Trinajstić information content (AvgIpc) is 3.44. The molecule has 5 rings (SSSR count). The van der Waals surface area contributed by atoms with Crippen LogP contribution < -0.4 is 14.8 Å². The van der Waals surface area contributed by atoms with Crippen molar-refractivity contribution in [1.82, 2.24) is 10.2 Å². The van der Waals surface area contributed by atoms with E-state index in [1.807, 2.05) is 36.4 Å². The van der Waals surface area contributed by atoms with Crippen LogP contribution in [0.4, 0.5) is 0 Å². The average molecular weight is 421 g/mol. The Hall–Kier alpha value is -2.83. The van der Waals surface area contributed by atoms with Gasteiger partial charge in [0.15, 0.2) is 11.5 Å². The third kappa shape index (κ3) is 4.20. The van der Waals surface area contributed by atoms with E-state index in [2.05, 4.69) is 34.5 Å². The van der Waals surface area contributed by atoms with Gasteiger partial charge >= 0.3 is 0 Å². The predicted octanol–water partition coefficient (Wildman–Crippen LogP) is 4.19. The Morgan fingerprint density at radius 3 is 2.73 bits per heavy atom. The first-order chi connectivity index (χ1) is 14.7. The summed E-state index contributed by atoms with van der Waals surface area (Å²) in [7, 11) is 0. The summed E-state index contributed by atoms with van der Waals surface area (Å²) in [6.07, 6.45) is 0.985. The van der Waals surface area contributed by atoms with Crippen molar-refractivity contribution in [3.8, 4) is 21.9 Å². The van der Waals surface area contributed by atoms with Crippen molar-refractivity contribution in [2.75, 3.05) is 26.3 Å². The van der Waals surface area contributed by atoms with E-state index in [-0.39, 0.29) is 11.9 Å². The fourth-order valence-electron chi connectivity index (χ4n) is 4.00. The van der Waals surface area contributed by atoms with Crippen LogP contribution >= 0.6 is 11.3 Å². The van der Waals surface area contributed by atoms with Crippen molar-refractivity contribution < 1.29 is 14.3 Å². The Balaban J connectivity index is 1.20. The Morgan fingerprint density at radius 2 is 1.87 bits per heavy atom. The van der Waals surface area contributed by atoms with Gasteiger partial charge in [0.1, 0.15) is 13.2 Å². The summed E-state index contributed by atoms with van der Waals surface area (Å²) in [5, 5.41) is 3.21. The van der Waals surface area contributed by atoms with Gasteiger partial charge in [0.2, 0.25) is 0 Å². The SMILES string of the molecule is O=C(NC1CCN(Cc2ccccc2)C1)c1ccc(-c2ccc3c(c2)OCCO3)s1. The number of amides is 1. The van der Waals surface area contributed by atoms with E-state index in [4.69, 9.17) is 9.47 Å². The molecular formula is C24H24N2O3S. The molecule has 0 saturated carbocycles. The molecule has 0 bridgehead atoms. The van der Waals surface area contributed by atoms with Gasteiger partial charge < -0.3 is 14.8 Å². The molecular weight excluding hydrogens is 396 g/mol. The van der Waals surface area contributed by atoms with E-state index < -0.39 is 0 Å².